The van der Waals surface area contributed by atoms with E-state index in [9.17, 15) is 9.90 Å². The Kier molecular flexibility index (Phi) is 6.28. The van der Waals surface area contributed by atoms with E-state index in [1.165, 1.54) is 18.5 Å². The van der Waals surface area contributed by atoms with E-state index in [0.29, 0.717) is 13.0 Å². The maximum atomic E-state index is 12.0. The van der Waals surface area contributed by atoms with Crippen molar-refractivity contribution in [3.63, 3.8) is 0 Å². The largest absolute Gasteiger partial charge is 0.393 e. The van der Waals surface area contributed by atoms with Gasteiger partial charge in [0.05, 0.1) is 6.10 Å². The molecule has 1 aliphatic heterocycles. The lowest BCUT2D eigenvalue weighted by molar-refractivity contribution is 0.163. The van der Waals surface area contributed by atoms with Crippen molar-refractivity contribution in [3.05, 3.63) is 23.8 Å². The molecule has 5 heteroatoms. The van der Waals surface area contributed by atoms with Gasteiger partial charge >= 0.3 is 6.03 Å². The molecule has 1 fully saturated rings. The van der Waals surface area contributed by atoms with Gasteiger partial charge in [-0.05, 0) is 62.8 Å². The first-order chi connectivity index (χ1) is 11.0. The molecule has 1 heterocycles. The van der Waals surface area contributed by atoms with Gasteiger partial charge in [-0.1, -0.05) is 6.92 Å². The Labute approximate surface area is 139 Å². The van der Waals surface area contributed by atoms with Gasteiger partial charge in [0, 0.05) is 31.0 Å². The number of anilines is 2. The number of carbonyl (C=O) groups excluding carboxylic acids is 1. The molecule has 5 nitrogen and oxygen atoms in total. The molecule has 2 rings (SSSR count). The Hall–Kier alpha value is -1.75. The lowest BCUT2D eigenvalue weighted by Gasteiger charge is -2.20. The molecule has 1 saturated heterocycles. The molecular formula is C18H29N3O2. The molecule has 0 aromatic heterocycles. The van der Waals surface area contributed by atoms with Gasteiger partial charge in [-0.3, -0.25) is 0 Å². The van der Waals surface area contributed by atoms with E-state index in [1.54, 1.807) is 6.92 Å². The minimum Gasteiger partial charge on any atom is -0.393 e. The van der Waals surface area contributed by atoms with Crippen molar-refractivity contribution in [1.82, 2.24) is 5.32 Å². The molecule has 2 amide bonds. The monoisotopic (exact) mass is 319 g/mol. The van der Waals surface area contributed by atoms with Crippen LogP contribution in [0.2, 0.25) is 0 Å². The van der Waals surface area contributed by atoms with Crippen LogP contribution in [0.3, 0.4) is 0 Å². The summed E-state index contributed by atoms with van der Waals surface area (Å²) in [7, 11) is 0. The third-order valence-electron chi connectivity index (χ3n) is 4.28. The summed E-state index contributed by atoms with van der Waals surface area (Å²) in [5.74, 6) is 0.249. The summed E-state index contributed by atoms with van der Waals surface area (Å²) in [6, 6.07) is 5.99. The Morgan fingerprint density at radius 3 is 2.61 bits per heavy atom. The Bertz CT molecular complexity index is 525. The lowest BCUT2D eigenvalue weighted by atomic mass is 10.1. The van der Waals surface area contributed by atoms with Crippen LogP contribution < -0.4 is 15.5 Å². The van der Waals surface area contributed by atoms with Crippen LogP contribution in [-0.2, 0) is 0 Å². The van der Waals surface area contributed by atoms with E-state index in [4.69, 9.17) is 0 Å². The minimum atomic E-state index is -0.338. The summed E-state index contributed by atoms with van der Waals surface area (Å²) in [4.78, 5) is 14.4. The predicted octanol–water partition coefficient (Wildman–Crippen LogP) is 3.12. The number of benzene rings is 1. The number of aliphatic hydroxyl groups is 1. The fourth-order valence-corrected chi connectivity index (χ4v) is 3.06. The van der Waals surface area contributed by atoms with Crippen molar-refractivity contribution >= 4 is 17.4 Å². The fraction of sp³-hybridized carbons (Fsp3) is 0.611. The molecule has 128 valence electrons. The number of carbonyl (C=O) groups is 1. The molecule has 3 N–H and O–H groups in total. The molecule has 1 aromatic rings. The van der Waals surface area contributed by atoms with Crippen molar-refractivity contribution < 1.29 is 9.90 Å². The standard InChI is InChI=1S/C18H29N3O2/c1-13(10-15(3)22)12-19-18(23)20-17-7-6-16(11-14(17)2)21-8-4-5-9-21/h6-7,11,13,15,22H,4-5,8-10,12H2,1-3H3,(H2,19,20,23). The zero-order valence-corrected chi connectivity index (χ0v) is 14.4. The average molecular weight is 319 g/mol. The van der Waals surface area contributed by atoms with Crippen molar-refractivity contribution in [2.45, 2.75) is 46.1 Å². The van der Waals surface area contributed by atoms with Crippen LogP contribution in [0.15, 0.2) is 18.2 Å². The van der Waals surface area contributed by atoms with Crippen molar-refractivity contribution in [3.8, 4) is 0 Å². The molecule has 0 aliphatic carbocycles. The van der Waals surface area contributed by atoms with E-state index >= 15 is 0 Å². The number of hydrogen-bond donors (Lipinski definition) is 3. The van der Waals surface area contributed by atoms with Crippen LogP contribution in [0, 0.1) is 12.8 Å². The Morgan fingerprint density at radius 1 is 1.30 bits per heavy atom. The SMILES string of the molecule is Cc1cc(N2CCCC2)ccc1NC(=O)NCC(C)CC(C)O. The number of aliphatic hydroxyl groups excluding tert-OH is 1. The summed E-state index contributed by atoms with van der Waals surface area (Å²) in [6.45, 7) is 8.60. The number of nitrogens with one attached hydrogen (secondary N) is 2. The molecule has 0 bridgehead atoms. The van der Waals surface area contributed by atoms with E-state index < -0.39 is 0 Å². The lowest BCUT2D eigenvalue weighted by Crippen LogP contribution is -2.33. The molecule has 0 spiro atoms. The first kappa shape index (κ1) is 17.6. The second-order valence-electron chi connectivity index (χ2n) is 6.72. The maximum absolute atomic E-state index is 12.0. The first-order valence-corrected chi connectivity index (χ1v) is 8.54. The highest BCUT2D eigenvalue weighted by molar-refractivity contribution is 5.90. The minimum absolute atomic E-state index is 0.195. The second kappa shape index (κ2) is 8.20. The molecular weight excluding hydrogens is 290 g/mol. The van der Waals surface area contributed by atoms with Crippen molar-refractivity contribution in [2.24, 2.45) is 5.92 Å². The Balaban J connectivity index is 1.85. The molecule has 1 aliphatic rings. The number of urea groups is 1. The van der Waals surface area contributed by atoms with E-state index in [1.807, 2.05) is 19.9 Å². The second-order valence-corrected chi connectivity index (χ2v) is 6.72. The predicted molar refractivity (Wildman–Crippen MR) is 95.1 cm³/mol. The van der Waals surface area contributed by atoms with Gasteiger partial charge < -0.3 is 20.6 Å². The highest BCUT2D eigenvalue weighted by Gasteiger charge is 2.14. The van der Waals surface area contributed by atoms with Crippen LogP contribution in [0.5, 0.6) is 0 Å². The van der Waals surface area contributed by atoms with Gasteiger partial charge in [0.15, 0.2) is 0 Å². The van der Waals surface area contributed by atoms with Crippen LogP contribution in [-0.4, -0.2) is 36.9 Å². The topological polar surface area (TPSA) is 64.6 Å². The number of hydrogen-bond acceptors (Lipinski definition) is 3. The third kappa shape index (κ3) is 5.43. The molecule has 2 atom stereocenters. The number of rotatable bonds is 6. The summed E-state index contributed by atoms with van der Waals surface area (Å²) in [5, 5.41) is 15.1. The van der Waals surface area contributed by atoms with Crippen molar-refractivity contribution in [1.29, 1.82) is 0 Å². The van der Waals surface area contributed by atoms with Crippen LogP contribution in [0.1, 0.15) is 38.7 Å². The average Bonchev–Trinajstić information content (AvgIpc) is 3.01. The van der Waals surface area contributed by atoms with Gasteiger partial charge in [-0.15, -0.1) is 0 Å². The van der Waals surface area contributed by atoms with E-state index in [0.717, 1.165) is 24.3 Å². The van der Waals surface area contributed by atoms with Gasteiger partial charge in [-0.2, -0.15) is 0 Å². The van der Waals surface area contributed by atoms with E-state index in [2.05, 4.69) is 27.7 Å². The highest BCUT2D eigenvalue weighted by atomic mass is 16.3. The summed E-state index contributed by atoms with van der Waals surface area (Å²) < 4.78 is 0. The van der Waals surface area contributed by atoms with Gasteiger partial charge in [0.25, 0.3) is 0 Å². The zero-order chi connectivity index (χ0) is 16.8. The normalized spacial score (nSPS) is 17.0. The van der Waals surface area contributed by atoms with E-state index in [-0.39, 0.29) is 18.1 Å². The van der Waals surface area contributed by atoms with Crippen LogP contribution in [0.25, 0.3) is 0 Å². The molecule has 0 radical (unpaired) electrons. The van der Waals surface area contributed by atoms with Gasteiger partial charge in [0.2, 0.25) is 0 Å². The van der Waals surface area contributed by atoms with Crippen molar-refractivity contribution in [2.75, 3.05) is 29.9 Å². The summed E-state index contributed by atoms with van der Waals surface area (Å²) in [6.07, 6.45) is 2.86. The fourth-order valence-electron chi connectivity index (χ4n) is 3.06. The quantitative estimate of drug-likeness (QED) is 0.755. The highest BCUT2D eigenvalue weighted by Crippen LogP contribution is 2.25. The maximum Gasteiger partial charge on any atom is 0.319 e. The van der Waals surface area contributed by atoms with Crippen LogP contribution >= 0.6 is 0 Å². The summed E-state index contributed by atoms with van der Waals surface area (Å²) in [5.41, 5.74) is 3.15. The molecule has 23 heavy (non-hydrogen) atoms. The smallest absolute Gasteiger partial charge is 0.319 e. The number of nitrogens with zero attached hydrogens (tertiary/aromatic N) is 1. The number of amides is 2. The molecule has 2 unspecified atom stereocenters. The molecule has 1 aromatic carbocycles. The van der Waals surface area contributed by atoms with Gasteiger partial charge in [0.1, 0.15) is 0 Å². The Morgan fingerprint density at radius 2 is 2.00 bits per heavy atom. The molecule has 0 saturated carbocycles. The number of aryl methyl sites for hydroxylation is 1. The first-order valence-electron chi connectivity index (χ1n) is 8.54. The zero-order valence-electron chi connectivity index (χ0n) is 14.4. The van der Waals surface area contributed by atoms with Crippen LogP contribution in [0.4, 0.5) is 16.2 Å². The van der Waals surface area contributed by atoms with Gasteiger partial charge in [-0.25, -0.2) is 4.79 Å². The third-order valence-corrected chi connectivity index (χ3v) is 4.28. The summed E-state index contributed by atoms with van der Waals surface area (Å²) >= 11 is 0.